The van der Waals surface area contributed by atoms with Crippen LogP contribution in [0.3, 0.4) is 0 Å². The monoisotopic (exact) mass is 254 g/mol. The normalized spacial score (nSPS) is 28.5. The van der Waals surface area contributed by atoms with Crippen LogP contribution in [0.4, 0.5) is 0 Å². The molecule has 2 aliphatic rings. The van der Waals surface area contributed by atoms with E-state index >= 15 is 0 Å². The van der Waals surface area contributed by atoms with Gasteiger partial charge in [0.1, 0.15) is 0 Å². The number of likely N-dealkylation sites (tertiary alicyclic amines) is 1. The Bertz CT molecular complexity index is 243. The Morgan fingerprint density at radius 2 is 1.89 bits per heavy atom. The molecule has 0 amide bonds. The molecule has 3 nitrogen and oxygen atoms in total. The van der Waals surface area contributed by atoms with Crippen molar-refractivity contribution in [1.82, 2.24) is 10.2 Å². The van der Waals surface area contributed by atoms with Gasteiger partial charge in [-0.1, -0.05) is 0 Å². The molecular weight excluding hydrogens is 224 g/mol. The van der Waals surface area contributed by atoms with E-state index in [1.54, 1.807) is 0 Å². The lowest BCUT2D eigenvalue weighted by Crippen LogP contribution is -2.48. The third-order valence-corrected chi connectivity index (χ3v) is 4.18. The summed E-state index contributed by atoms with van der Waals surface area (Å²) in [6, 6.07) is 0.788. The van der Waals surface area contributed by atoms with E-state index in [0.29, 0.717) is 0 Å². The minimum Gasteiger partial charge on any atom is -0.381 e. The van der Waals surface area contributed by atoms with Crippen molar-refractivity contribution >= 4 is 0 Å². The highest BCUT2D eigenvalue weighted by molar-refractivity contribution is 4.83. The maximum absolute atomic E-state index is 5.47. The van der Waals surface area contributed by atoms with Crippen molar-refractivity contribution in [3.8, 4) is 0 Å². The van der Waals surface area contributed by atoms with E-state index < -0.39 is 0 Å². The standard InChI is InChI=1S/C15H30N2O/c1-15(2,3)16-11-13-5-4-8-17(12-13)14-6-9-18-10-7-14/h13-14,16H,4-12H2,1-3H3. The smallest absolute Gasteiger partial charge is 0.0480 e. The number of ether oxygens (including phenoxy) is 1. The Morgan fingerprint density at radius 3 is 2.56 bits per heavy atom. The van der Waals surface area contributed by atoms with Gasteiger partial charge in [0.2, 0.25) is 0 Å². The second-order valence-electron chi connectivity index (χ2n) is 6.98. The zero-order valence-electron chi connectivity index (χ0n) is 12.4. The van der Waals surface area contributed by atoms with Crippen LogP contribution in [0.5, 0.6) is 0 Å². The van der Waals surface area contributed by atoms with Crippen LogP contribution >= 0.6 is 0 Å². The lowest BCUT2D eigenvalue weighted by atomic mass is 9.94. The van der Waals surface area contributed by atoms with Gasteiger partial charge in [0.15, 0.2) is 0 Å². The Labute approximate surface area is 112 Å². The highest BCUT2D eigenvalue weighted by Gasteiger charge is 2.27. The van der Waals surface area contributed by atoms with Gasteiger partial charge in [0.05, 0.1) is 0 Å². The van der Waals surface area contributed by atoms with Crippen LogP contribution in [-0.2, 0) is 4.74 Å². The first kappa shape index (κ1) is 14.3. The predicted octanol–water partition coefficient (Wildman–Crippen LogP) is 2.27. The molecule has 1 N–H and O–H groups in total. The van der Waals surface area contributed by atoms with Crippen molar-refractivity contribution in [2.75, 3.05) is 32.8 Å². The number of rotatable bonds is 3. The molecule has 0 bridgehead atoms. The summed E-state index contributed by atoms with van der Waals surface area (Å²) < 4.78 is 5.47. The van der Waals surface area contributed by atoms with E-state index in [1.807, 2.05) is 0 Å². The van der Waals surface area contributed by atoms with E-state index in [-0.39, 0.29) is 5.54 Å². The van der Waals surface area contributed by atoms with E-state index in [1.165, 1.54) is 45.3 Å². The molecule has 106 valence electrons. The number of hydrogen-bond acceptors (Lipinski definition) is 3. The molecule has 0 spiro atoms. The molecule has 2 saturated heterocycles. The van der Waals surface area contributed by atoms with Crippen LogP contribution in [0.25, 0.3) is 0 Å². The fourth-order valence-electron chi connectivity index (χ4n) is 3.10. The Morgan fingerprint density at radius 1 is 1.17 bits per heavy atom. The highest BCUT2D eigenvalue weighted by Crippen LogP contribution is 2.23. The van der Waals surface area contributed by atoms with Crippen LogP contribution in [0.2, 0.25) is 0 Å². The molecule has 2 rings (SSSR count). The van der Waals surface area contributed by atoms with Crippen molar-refractivity contribution in [2.24, 2.45) is 5.92 Å². The molecular formula is C15H30N2O. The molecule has 2 aliphatic heterocycles. The molecule has 0 radical (unpaired) electrons. The van der Waals surface area contributed by atoms with Crippen molar-refractivity contribution in [3.05, 3.63) is 0 Å². The average molecular weight is 254 g/mol. The number of hydrogen-bond donors (Lipinski definition) is 1. The molecule has 1 atom stereocenters. The zero-order chi connectivity index (χ0) is 13.0. The van der Waals surface area contributed by atoms with E-state index in [0.717, 1.165) is 25.2 Å². The maximum Gasteiger partial charge on any atom is 0.0480 e. The van der Waals surface area contributed by atoms with Crippen LogP contribution in [0.1, 0.15) is 46.5 Å². The van der Waals surface area contributed by atoms with Crippen LogP contribution in [0, 0.1) is 5.92 Å². The molecule has 1 unspecified atom stereocenters. The molecule has 0 aromatic carbocycles. The van der Waals surface area contributed by atoms with Crippen molar-refractivity contribution in [2.45, 2.75) is 58.0 Å². The summed E-state index contributed by atoms with van der Waals surface area (Å²) in [4.78, 5) is 2.72. The predicted molar refractivity (Wildman–Crippen MR) is 75.9 cm³/mol. The Kier molecular flexibility index (Phi) is 5.05. The molecule has 0 saturated carbocycles. The SMILES string of the molecule is CC(C)(C)NCC1CCCN(C2CCOCC2)C1. The summed E-state index contributed by atoms with van der Waals surface area (Å²) in [5.74, 6) is 0.834. The molecule has 0 aromatic heterocycles. The van der Waals surface area contributed by atoms with Gasteiger partial charge in [0, 0.05) is 31.3 Å². The first-order valence-electron chi connectivity index (χ1n) is 7.61. The first-order valence-corrected chi connectivity index (χ1v) is 7.61. The summed E-state index contributed by atoms with van der Waals surface area (Å²) in [5, 5.41) is 3.66. The topological polar surface area (TPSA) is 24.5 Å². The van der Waals surface area contributed by atoms with Gasteiger partial charge in [0.25, 0.3) is 0 Å². The van der Waals surface area contributed by atoms with Crippen molar-refractivity contribution < 1.29 is 4.74 Å². The second kappa shape index (κ2) is 6.36. The summed E-state index contributed by atoms with van der Waals surface area (Å²) >= 11 is 0. The van der Waals surface area contributed by atoms with Crippen LogP contribution < -0.4 is 5.32 Å². The molecule has 0 aromatic rings. The largest absolute Gasteiger partial charge is 0.381 e. The fourth-order valence-corrected chi connectivity index (χ4v) is 3.10. The Hall–Kier alpha value is -0.120. The molecule has 2 fully saturated rings. The first-order chi connectivity index (χ1) is 8.54. The zero-order valence-corrected chi connectivity index (χ0v) is 12.4. The van der Waals surface area contributed by atoms with Gasteiger partial charge in [-0.25, -0.2) is 0 Å². The van der Waals surface area contributed by atoms with Crippen LogP contribution in [0.15, 0.2) is 0 Å². The molecule has 3 heteroatoms. The Balaban J connectivity index is 1.77. The number of nitrogens with one attached hydrogen (secondary N) is 1. The van der Waals surface area contributed by atoms with Crippen molar-refractivity contribution in [3.63, 3.8) is 0 Å². The van der Waals surface area contributed by atoms with Gasteiger partial charge in [-0.15, -0.1) is 0 Å². The summed E-state index contributed by atoms with van der Waals surface area (Å²) in [7, 11) is 0. The second-order valence-corrected chi connectivity index (χ2v) is 6.98. The van der Waals surface area contributed by atoms with Gasteiger partial charge in [-0.2, -0.15) is 0 Å². The highest BCUT2D eigenvalue weighted by atomic mass is 16.5. The summed E-state index contributed by atoms with van der Waals surface area (Å²) in [6.45, 7) is 12.5. The van der Waals surface area contributed by atoms with Gasteiger partial charge >= 0.3 is 0 Å². The quantitative estimate of drug-likeness (QED) is 0.836. The van der Waals surface area contributed by atoms with Gasteiger partial charge in [-0.3, -0.25) is 4.90 Å². The third kappa shape index (κ3) is 4.52. The minimum absolute atomic E-state index is 0.251. The number of piperidine rings is 1. The van der Waals surface area contributed by atoms with Gasteiger partial charge < -0.3 is 10.1 Å². The molecule has 2 heterocycles. The fraction of sp³-hybridized carbons (Fsp3) is 1.00. The number of nitrogens with zero attached hydrogens (tertiary/aromatic N) is 1. The molecule has 0 aliphatic carbocycles. The van der Waals surface area contributed by atoms with E-state index in [9.17, 15) is 0 Å². The summed E-state index contributed by atoms with van der Waals surface area (Å²) in [6.07, 6.45) is 5.23. The lowest BCUT2D eigenvalue weighted by molar-refractivity contribution is 0.0173. The minimum atomic E-state index is 0.251. The van der Waals surface area contributed by atoms with Gasteiger partial charge in [-0.05, 0) is 65.5 Å². The summed E-state index contributed by atoms with van der Waals surface area (Å²) in [5.41, 5.74) is 0.251. The van der Waals surface area contributed by atoms with Crippen molar-refractivity contribution in [1.29, 1.82) is 0 Å². The van der Waals surface area contributed by atoms with E-state index in [4.69, 9.17) is 4.74 Å². The molecule has 18 heavy (non-hydrogen) atoms. The third-order valence-electron chi connectivity index (χ3n) is 4.18. The average Bonchev–Trinajstić information content (AvgIpc) is 2.37. The van der Waals surface area contributed by atoms with Crippen LogP contribution in [-0.4, -0.2) is 49.3 Å². The maximum atomic E-state index is 5.47. The lowest BCUT2D eigenvalue weighted by Gasteiger charge is -2.40. The van der Waals surface area contributed by atoms with E-state index in [2.05, 4.69) is 31.0 Å².